The van der Waals surface area contributed by atoms with Crippen molar-refractivity contribution in [2.75, 3.05) is 20.2 Å². The monoisotopic (exact) mass is 537 g/mol. The number of nitrogens with one attached hydrogen (secondary N) is 3. The van der Waals surface area contributed by atoms with Crippen LogP contribution < -0.4 is 20.9 Å². The van der Waals surface area contributed by atoms with Crippen molar-refractivity contribution in [3.8, 4) is 5.75 Å². The third kappa shape index (κ3) is 5.17. The Morgan fingerprint density at radius 3 is 2.87 bits per heavy atom. The Kier molecular flexibility index (Phi) is 7.35. The number of piperidine rings is 1. The normalized spacial score (nSPS) is 29.8. The summed E-state index contributed by atoms with van der Waals surface area (Å²) in [5.74, 6) is 1.21. The van der Waals surface area contributed by atoms with Crippen LogP contribution >= 0.6 is 11.3 Å². The van der Waals surface area contributed by atoms with Crippen LogP contribution in [0.25, 0.3) is 10.2 Å². The van der Waals surface area contributed by atoms with Gasteiger partial charge in [-0.1, -0.05) is 25.1 Å². The summed E-state index contributed by atoms with van der Waals surface area (Å²) in [6, 6.07) is 13.7. The molecule has 0 radical (unpaired) electrons. The first-order valence-corrected chi connectivity index (χ1v) is 14.5. The molecule has 2 aromatic carbocycles. The number of fused-ring (bicyclic) bond motifs is 2. The lowest BCUT2D eigenvalue weighted by Gasteiger charge is -2.38. The number of hydrogen-bond donors (Lipinski definition) is 3. The van der Waals surface area contributed by atoms with E-state index >= 15 is 0 Å². The van der Waals surface area contributed by atoms with Gasteiger partial charge < -0.3 is 10.1 Å². The predicted octanol–water partition coefficient (Wildman–Crippen LogP) is 4.40. The first kappa shape index (κ1) is 25.7. The molecule has 7 nitrogen and oxygen atoms in total. The number of likely N-dealkylation sites (tertiary alicyclic amines) is 1. The lowest BCUT2D eigenvalue weighted by atomic mass is 9.75. The van der Waals surface area contributed by atoms with Crippen LogP contribution in [0.2, 0.25) is 0 Å². The van der Waals surface area contributed by atoms with Gasteiger partial charge in [-0.15, -0.1) is 11.3 Å². The van der Waals surface area contributed by atoms with Crippen LogP contribution in [-0.2, 0) is 11.3 Å². The summed E-state index contributed by atoms with van der Waals surface area (Å²) < 4.78 is 21.2. The highest BCUT2D eigenvalue weighted by atomic mass is 32.1. The number of rotatable bonds is 6. The van der Waals surface area contributed by atoms with Crippen molar-refractivity contribution >= 4 is 27.5 Å². The Labute approximate surface area is 227 Å². The van der Waals surface area contributed by atoms with Gasteiger partial charge >= 0.3 is 0 Å². The third-order valence-electron chi connectivity index (χ3n) is 8.46. The number of hydrogen-bond acceptors (Lipinski definition) is 7. The lowest BCUT2D eigenvalue weighted by Crippen LogP contribution is -2.52. The number of carbonyl (C=O) groups excluding carboxylic acids is 1. The van der Waals surface area contributed by atoms with E-state index < -0.39 is 0 Å². The fraction of sp³-hybridized carbons (Fsp3) is 0.517. The number of thiazole rings is 1. The highest BCUT2D eigenvalue weighted by molar-refractivity contribution is 7.18. The number of nitrogens with zero attached hydrogens (tertiary/aromatic N) is 2. The van der Waals surface area contributed by atoms with Gasteiger partial charge in [-0.2, -0.15) is 0 Å². The van der Waals surface area contributed by atoms with Crippen molar-refractivity contribution in [2.24, 2.45) is 17.8 Å². The smallest absolute Gasteiger partial charge is 0.223 e. The molecule has 1 aliphatic carbocycles. The lowest BCUT2D eigenvalue weighted by molar-refractivity contribution is -0.127. The summed E-state index contributed by atoms with van der Waals surface area (Å²) in [5, 5.41) is 4.46. The second-order valence-corrected chi connectivity index (χ2v) is 12.3. The van der Waals surface area contributed by atoms with Crippen LogP contribution in [0, 0.1) is 23.6 Å². The van der Waals surface area contributed by atoms with E-state index in [1.807, 2.05) is 6.07 Å². The molecule has 9 heteroatoms. The molecule has 3 aromatic rings. The van der Waals surface area contributed by atoms with Gasteiger partial charge in [0.05, 0.1) is 23.4 Å². The Balaban J connectivity index is 1.10. The largest absolute Gasteiger partial charge is 0.496 e. The standard InChI is InChI=1S/C29H36FN5O2S/c1-17-12-19(15-35(14-17)16-21-22(30)6-5-8-25(21)37-2)31-28(36)18-10-11-23-20(13-18)27(34-33-23)29-32-24-7-3-4-9-26(24)38-29/h3-9,17-20,23,27,33-34H,10-16H2,1-2H3,(H,31,36)/t17-,18?,19+,20?,23?,27?/m0/s1. The van der Waals surface area contributed by atoms with Crippen LogP contribution in [0.4, 0.5) is 4.39 Å². The minimum atomic E-state index is -0.249. The number of para-hydroxylation sites is 1. The maximum atomic E-state index is 14.6. The van der Waals surface area contributed by atoms with Crippen LogP contribution in [-0.4, -0.2) is 48.1 Å². The number of aromatic nitrogens is 1. The van der Waals surface area contributed by atoms with Gasteiger partial charge in [-0.3, -0.25) is 15.1 Å². The molecule has 3 aliphatic rings. The maximum absolute atomic E-state index is 14.6. The number of ether oxygens (including phenoxy) is 1. The van der Waals surface area contributed by atoms with E-state index in [0.717, 1.165) is 42.8 Å². The number of amides is 1. The van der Waals surface area contributed by atoms with Crippen LogP contribution in [0.3, 0.4) is 0 Å². The zero-order valence-corrected chi connectivity index (χ0v) is 22.8. The Bertz CT molecular complexity index is 1270. The summed E-state index contributed by atoms with van der Waals surface area (Å²) in [6.45, 7) is 4.26. The molecule has 2 saturated heterocycles. The van der Waals surface area contributed by atoms with E-state index in [1.165, 1.54) is 10.8 Å². The maximum Gasteiger partial charge on any atom is 0.223 e. The fourth-order valence-corrected chi connectivity index (χ4v) is 7.78. The molecule has 0 bridgehead atoms. The number of carbonyl (C=O) groups is 1. The minimum absolute atomic E-state index is 0.00725. The van der Waals surface area contributed by atoms with Crippen molar-refractivity contribution in [2.45, 2.75) is 57.3 Å². The zero-order valence-electron chi connectivity index (χ0n) is 22.0. The second-order valence-electron chi connectivity index (χ2n) is 11.2. The SMILES string of the molecule is COc1cccc(F)c1CN1C[C@@H](C)C[C@@H](NC(=O)C2CCC3NNC(c4nc5ccccc5s4)C3C2)C1. The first-order chi connectivity index (χ1) is 18.5. The van der Waals surface area contributed by atoms with Gasteiger partial charge in [0.2, 0.25) is 5.91 Å². The van der Waals surface area contributed by atoms with E-state index in [2.05, 4.69) is 46.2 Å². The summed E-state index contributed by atoms with van der Waals surface area (Å²) in [5.41, 5.74) is 8.57. The van der Waals surface area contributed by atoms with Crippen molar-refractivity contribution < 1.29 is 13.9 Å². The topological polar surface area (TPSA) is 78.5 Å². The highest BCUT2D eigenvalue weighted by Gasteiger charge is 2.44. The summed E-state index contributed by atoms with van der Waals surface area (Å²) >= 11 is 1.74. The molecule has 3 fully saturated rings. The van der Waals surface area contributed by atoms with E-state index in [4.69, 9.17) is 9.72 Å². The van der Waals surface area contributed by atoms with Crippen LogP contribution in [0.1, 0.15) is 49.2 Å². The molecule has 3 heterocycles. The second kappa shape index (κ2) is 10.9. The number of benzene rings is 2. The van der Waals surface area contributed by atoms with E-state index in [-0.39, 0.29) is 29.7 Å². The summed E-state index contributed by atoms with van der Waals surface area (Å²) in [7, 11) is 1.58. The minimum Gasteiger partial charge on any atom is -0.496 e. The highest BCUT2D eigenvalue weighted by Crippen LogP contribution is 2.42. The molecule has 0 spiro atoms. The van der Waals surface area contributed by atoms with Gasteiger partial charge in [0.15, 0.2) is 0 Å². The molecule has 1 amide bonds. The van der Waals surface area contributed by atoms with E-state index in [0.29, 0.717) is 42.3 Å². The molecule has 38 heavy (non-hydrogen) atoms. The molecule has 2 aliphatic heterocycles. The molecule has 1 saturated carbocycles. The average molecular weight is 538 g/mol. The van der Waals surface area contributed by atoms with Gasteiger partial charge in [0.25, 0.3) is 0 Å². The number of halogens is 1. The first-order valence-electron chi connectivity index (χ1n) is 13.7. The summed E-state index contributed by atoms with van der Waals surface area (Å²) in [6.07, 6.45) is 3.63. The number of methoxy groups -OCH3 is 1. The molecular weight excluding hydrogens is 501 g/mol. The number of hydrazine groups is 1. The van der Waals surface area contributed by atoms with Crippen molar-refractivity contribution in [1.29, 1.82) is 0 Å². The van der Waals surface area contributed by atoms with Crippen molar-refractivity contribution in [3.05, 3.63) is 58.9 Å². The van der Waals surface area contributed by atoms with E-state index in [1.54, 1.807) is 30.6 Å². The Morgan fingerprint density at radius 1 is 1.16 bits per heavy atom. The molecule has 202 valence electrons. The molecule has 3 N–H and O–H groups in total. The Hall–Kier alpha value is -2.59. The molecule has 1 aromatic heterocycles. The van der Waals surface area contributed by atoms with Crippen LogP contribution in [0.5, 0.6) is 5.75 Å². The van der Waals surface area contributed by atoms with E-state index in [9.17, 15) is 9.18 Å². The third-order valence-corrected chi connectivity index (χ3v) is 9.58. The Morgan fingerprint density at radius 2 is 2.03 bits per heavy atom. The molecule has 4 unspecified atom stereocenters. The fourth-order valence-electron chi connectivity index (χ4n) is 6.68. The van der Waals surface area contributed by atoms with Gasteiger partial charge in [-0.25, -0.2) is 14.8 Å². The van der Waals surface area contributed by atoms with Crippen LogP contribution in [0.15, 0.2) is 42.5 Å². The van der Waals surface area contributed by atoms with Gasteiger partial charge in [-0.05, 0) is 61.8 Å². The van der Waals surface area contributed by atoms with Gasteiger partial charge in [0, 0.05) is 43.2 Å². The zero-order chi connectivity index (χ0) is 26.2. The molecule has 6 rings (SSSR count). The van der Waals surface area contributed by atoms with Crippen molar-refractivity contribution in [1.82, 2.24) is 26.1 Å². The molecule has 6 atom stereocenters. The molecular formula is C29H36FN5O2S. The average Bonchev–Trinajstić information content (AvgIpc) is 3.53. The quantitative estimate of drug-likeness (QED) is 0.433. The van der Waals surface area contributed by atoms with Gasteiger partial charge in [0.1, 0.15) is 16.6 Å². The predicted molar refractivity (Wildman–Crippen MR) is 147 cm³/mol. The van der Waals surface area contributed by atoms with Crippen molar-refractivity contribution in [3.63, 3.8) is 0 Å². The summed E-state index contributed by atoms with van der Waals surface area (Å²) in [4.78, 5) is 20.6.